The van der Waals surface area contributed by atoms with E-state index in [2.05, 4.69) is 5.10 Å². The minimum absolute atomic E-state index is 0.0686. The zero-order valence-electron chi connectivity index (χ0n) is 15.4. The quantitative estimate of drug-likeness (QED) is 0.346. The fraction of sp³-hybridized carbons (Fsp3) is 0.0870. The topological polar surface area (TPSA) is 27.1 Å². The van der Waals surface area contributed by atoms with Gasteiger partial charge in [-0.3, -0.25) is 4.68 Å². The van der Waals surface area contributed by atoms with Gasteiger partial charge in [0.25, 0.3) is 0 Å². The zero-order valence-corrected chi connectivity index (χ0v) is 16.9. The summed E-state index contributed by atoms with van der Waals surface area (Å²) < 4.78 is 21.4. The van der Waals surface area contributed by atoms with Crippen LogP contribution in [0.1, 0.15) is 11.1 Å². The summed E-state index contributed by atoms with van der Waals surface area (Å²) in [6.45, 7) is 0.713. The van der Waals surface area contributed by atoms with Gasteiger partial charge < -0.3 is 4.74 Å². The van der Waals surface area contributed by atoms with E-state index in [0.29, 0.717) is 27.9 Å². The third-order valence-corrected chi connectivity index (χ3v) is 5.06. The highest BCUT2D eigenvalue weighted by molar-refractivity contribution is 6.31. The number of nitrogens with zero attached hydrogens (tertiary/aromatic N) is 2. The van der Waals surface area contributed by atoms with Gasteiger partial charge in [-0.15, -0.1) is 0 Å². The molecule has 0 amide bonds. The molecule has 0 spiro atoms. The summed E-state index contributed by atoms with van der Waals surface area (Å²) in [4.78, 5) is 0. The molecule has 0 aliphatic heterocycles. The van der Waals surface area contributed by atoms with E-state index >= 15 is 0 Å². The summed E-state index contributed by atoms with van der Waals surface area (Å²) >= 11 is 12.1. The summed E-state index contributed by atoms with van der Waals surface area (Å²) in [6.07, 6.45) is 1.93. The van der Waals surface area contributed by atoms with Crippen molar-refractivity contribution in [3.63, 3.8) is 0 Å². The number of hydrogen-bond donors (Lipinski definition) is 0. The van der Waals surface area contributed by atoms with E-state index in [-0.39, 0.29) is 12.4 Å². The zero-order chi connectivity index (χ0) is 20.2. The van der Waals surface area contributed by atoms with E-state index in [0.717, 1.165) is 16.8 Å². The van der Waals surface area contributed by atoms with E-state index in [1.54, 1.807) is 12.1 Å². The molecule has 0 radical (unpaired) electrons. The second-order valence-electron chi connectivity index (χ2n) is 6.54. The molecule has 146 valence electrons. The first kappa shape index (κ1) is 19.5. The molecular formula is C23H17Cl2FN2O. The van der Waals surface area contributed by atoms with Crippen LogP contribution in [0.4, 0.5) is 4.39 Å². The summed E-state index contributed by atoms with van der Waals surface area (Å²) in [5, 5.41) is 5.68. The van der Waals surface area contributed by atoms with Crippen LogP contribution in [0.3, 0.4) is 0 Å². The standard InChI is InChI=1S/C23H17Cl2FN2O/c24-18-4-1-3-16(13-18)14-28-12-11-23(27-28)17-7-9-19(10-8-17)29-15-20-21(25)5-2-6-22(20)26/h1-13H,14-15H2. The third-order valence-electron chi connectivity index (χ3n) is 4.47. The van der Waals surface area contributed by atoms with Crippen LogP contribution in [0.5, 0.6) is 5.75 Å². The minimum atomic E-state index is -0.376. The molecule has 0 aliphatic carbocycles. The molecule has 0 atom stereocenters. The van der Waals surface area contributed by atoms with Crippen molar-refractivity contribution < 1.29 is 9.13 Å². The largest absolute Gasteiger partial charge is 0.489 e. The number of benzene rings is 3. The van der Waals surface area contributed by atoms with E-state index < -0.39 is 0 Å². The van der Waals surface area contributed by atoms with Crippen LogP contribution in [-0.4, -0.2) is 9.78 Å². The first-order valence-electron chi connectivity index (χ1n) is 9.02. The molecule has 4 rings (SSSR count). The van der Waals surface area contributed by atoms with Gasteiger partial charge in [-0.25, -0.2) is 4.39 Å². The van der Waals surface area contributed by atoms with Gasteiger partial charge in [0.2, 0.25) is 0 Å². The highest BCUT2D eigenvalue weighted by Gasteiger charge is 2.08. The van der Waals surface area contributed by atoms with Crippen LogP contribution in [0, 0.1) is 5.82 Å². The summed E-state index contributed by atoms with van der Waals surface area (Å²) in [6, 6.07) is 21.8. The molecule has 0 saturated heterocycles. The average molecular weight is 427 g/mol. The molecule has 0 fully saturated rings. The summed E-state index contributed by atoms with van der Waals surface area (Å²) in [5.41, 5.74) is 3.25. The van der Waals surface area contributed by atoms with E-state index in [4.69, 9.17) is 27.9 Å². The van der Waals surface area contributed by atoms with Crippen molar-refractivity contribution in [2.45, 2.75) is 13.2 Å². The molecule has 0 N–H and O–H groups in total. The van der Waals surface area contributed by atoms with E-state index in [1.807, 2.05) is 65.5 Å². The van der Waals surface area contributed by atoms with Crippen LogP contribution in [0.2, 0.25) is 10.0 Å². The van der Waals surface area contributed by atoms with Gasteiger partial charge in [-0.1, -0.05) is 41.4 Å². The predicted octanol–water partition coefficient (Wildman–Crippen LogP) is 6.62. The SMILES string of the molecule is Fc1cccc(Cl)c1COc1ccc(-c2ccn(Cc3cccc(Cl)c3)n2)cc1. The maximum absolute atomic E-state index is 13.8. The number of hydrogen-bond acceptors (Lipinski definition) is 2. The maximum Gasteiger partial charge on any atom is 0.131 e. The average Bonchev–Trinajstić information content (AvgIpc) is 3.16. The summed E-state index contributed by atoms with van der Waals surface area (Å²) in [7, 11) is 0. The Hall–Kier alpha value is -2.82. The molecule has 3 nitrogen and oxygen atoms in total. The van der Waals surface area contributed by atoms with Crippen LogP contribution in [0.25, 0.3) is 11.3 Å². The van der Waals surface area contributed by atoms with Gasteiger partial charge in [0.1, 0.15) is 18.2 Å². The smallest absolute Gasteiger partial charge is 0.131 e. The van der Waals surface area contributed by atoms with Gasteiger partial charge >= 0.3 is 0 Å². The molecule has 3 aromatic carbocycles. The van der Waals surface area contributed by atoms with Crippen molar-refractivity contribution in [2.75, 3.05) is 0 Å². The third kappa shape index (κ3) is 4.78. The fourth-order valence-corrected chi connectivity index (χ4v) is 3.40. The molecule has 0 saturated carbocycles. The molecule has 0 bridgehead atoms. The van der Waals surface area contributed by atoms with Crippen LogP contribution < -0.4 is 4.74 Å². The second-order valence-corrected chi connectivity index (χ2v) is 7.39. The Morgan fingerprint density at radius 2 is 1.72 bits per heavy atom. The highest BCUT2D eigenvalue weighted by atomic mass is 35.5. The van der Waals surface area contributed by atoms with Crippen molar-refractivity contribution in [1.82, 2.24) is 9.78 Å². The molecular weight excluding hydrogens is 410 g/mol. The number of rotatable bonds is 6. The minimum Gasteiger partial charge on any atom is -0.489 e. The van der Waals surface area contributed by atoms with E-state index in [9.17, 15) is 4.39 Å². The Morgan fingerprint density at radius 1 is 0.931 bits per heavy atom. The monoisotopic (exact) mass is 426 g/mol. The molecule has 0 aliphatic rings. The van der Waals surface area contributed by atoms with Gasteiger partial charge in [0.15, 0.2) is 0 Å². The van der Waals surface area contributed by atoms with Crippen molar-refractivity contribution in [3.05, 3.63) is 106 Å². The molecule has 0 unspecified atom stereocenters. The summed E-state index contributed by atoms with van der Waals surface area (Å²) in [5.74, 6) is 0.255. The first-order valence-corrected chi connectivity index (χ1v) is 9.78. The predicted molar refractivity (Wildman–Crippen MR) is 114 cm³/mol. The molecule has 4 aromatic rings. The van der Waals surface area contributed by atoms with Crippen molar-refractivity contribution >= 4 is 23.2 Å². The number of aromatic nitrogens is 2. The second kappa shape index (κ2) is 8.68. The molecule has 1 aromatic heterocycles. The van der Waals surface area contributed by atoms with Gasteiger partial charge in [0, 0.05) is 22.3 Å². The van der Waals surface area contributed by atoms with Crippen LogP contribution >= 0.6 is 23.2 Å². The number of ether oxygens (including phenoxy) is 1. The van der Waals surface area contributed by atoms with Crippen molar-refractivity contribution in [3.8, 4) is 17.0 Å². The highest BCUT2D eigenvalue weighted by Crippen LogP contribution is 2.24. The van der Waals surface area contributed by atoms with Gasteiger partial charge in [-0.05, 0) is 60.2 Å². The molecule has 1 heterocycles. The lowest BCUT2D eigenvalue weighted by Crippen LogP contribution is -2.00. The molecule has 29 heavy (non-hydrogen) atoms. The number of halogens is 3. The van der Waals surface area contributed by atoms with Crippen molar-refractivity contribution in [2.24, 2.45) is 0 Å². The molecule has 6 heteroatoms. The van der Waals surface area contributed by atoms with E-state index in [1.165, 1.54) is 6.07 Å². The van der Waals surface area contributed by atoms with Crippen LogP contribution in [-0.2, 0) is 13.2 Å². The van der Waals surface area contributed by atoms with Gasteiger partial charge in [0.05, 0.1) is 17.3 Å². The normalized spacial score (nSPS) is 10.9. The Kier molecular flexibility index (Phi) is 5.84. The Bertz CT molecular complexity index is 1110. The Labute approximate surface area is 178 Å². The lowest BCUT2D eigenvalue weighted by Gasteiger charge is -2.09. The lowest BCUT2D eigenvalue weighted by molar-refractivity contribution is 0.300. The fourth-order valence-electron chi connectivity index (χ4n) is 2.97. The van der Waals surface area contributed by atoms with Gasteiger partial charge in [-0.2, -0.15) is 5.10 Å². The first-order chi connectivity index (χ1) is 14.1. The van der Waals surface area contributed by atoms with Crippen molar-refractivity contribution in [1.29, 1.82) is 0 Å². The van der Waals surface area contributed by atoms with Crippen LogP contribution in [0.15, 0.2) is 79.0 Å². The lowest BCUT2D eigenvalue weighted by atomic mass is 10.1. The Balaban J connectivity index is 1.42. The Morgan fingerprint density at radius 3 is 2.48 bits per heavy atom. The maximum atomic E-state index is 13.8.